The van der Waals surface area contributed by atoms with Gasteiger partial charge in [0.25, 0.3) is 0 Å². The van der Waals surface area contributed by atoms with E-state index >= 15 is 0 Å². The highest BCUT2D eigenvalue weighted by Gasteiger charge is 2.24. The van der Waals surface area contributed by atoms with Gasteiger partial charge in [-0.05, 0) is 68.2 Å². The topological polar surface area (TPSA) is 84.0 Å². The van der Waals surface area contributed by atoms with Crippen molar-refractivity contribution in [2.24, 2.45) is 4.99 Å². The van der Waals surface area contributed by atoms with Gasteiger partial charge in [-0.1, -0.05) is 6.07 Å². The molecular weight excluding hydrogens is 539 g/mol. The lowest BCUT2D eigenvalue weighted by Crippen LogP contribution is -2.54. The summed E-state index contributed by atoms with van der Waals surface area (Å²) in [7, 11) is 3.34. The van der Waals surface area contributed by atoms with Crippen molar-refractivity contribution in [2.75, 3.05) is 20.7 Å². The van der Waals surface area contributed by atoms with E-state index in [9.17, 15) is 4.79 Å². The average molecular weight is 571 g/mol. The molecule has 0 radical (unpaired) electrons. The number of methoxy groups -OCH3 is 1. The number of rotatable bonds is 6. The van der Waals surface area contributed by atoms with Crippen molar-refractivity contribution in [2.45, 2.75) is 52.3 Å². The minimum atomic E-state index is -0.530. The van der Waals surface area contributed by atoms with Gasteiger partial charge in [-0.2, -0.15) is 0 Å². The molecule has 1 amide bonds. The van der Waals surface area contributed by atoms with Crippen molar-refractivity contribution in [1.29, 1.82) is 0 Å². The molecule has 0 saturated carbocycles. The fraction of sp³-hybridized carbons (Fsp3) is 0.579. The lowest BCUT2D eigenvalue weighted by molar-refractivity contribution is 0.0474. The third-order valence-electron chi connectivity index (χ3n) is 3.44. The van der Waals surface area contributed by atoms with E-state index < -0.39 is 17.2 Å². The molecule has 9 heteroatoms. The Kier molecular flexibility index (Phi) is 11.2. The number of alkyl carbamates (subject to hydrolysis) is 1. The van der Waals surface area contributed by atoms with Crippen LogP contribution in [0.4, 0.5) is 4.79 Å². The predicted octanol–water partition coefficient (Wildman–Crippen LogP) is 4.04. The Labute approximate surface area is 193 Å². The van der Waals surface area contributed by atoms with Gasteiger partial charge in [-0.3, -0.25) is 4.99 Å². The van der Waals surface area contributed by atoms with Crippen molar-refractivity contribution in [3.63, 3.8) is 0 Å². The fourth-order valence-corrected chi connectivity index (χ4v) is 2.74. The van der Waals surface area contributed by atoms with Crippen LogP contribution in [-0.4, -0.2) is 43.9 Å². The summed E-state index contributed by atoms with van der Waals surface area (Å²) in [5.74, 6) is 1.43. The van der Waals surface area contributed by atoms with Gasteiger partial charge in [0.15, 0.2) is 5.96 Å². The van der Waals surface area contributed by atoms with Gasteiger partial charge in [0.05, 0.1) is 17.1 Å². The van der Waals surface area contributed by atoms with Crippen molar-refractivity contribution in [3.8, 4) is 5.75 Å². The fourth-order valence-electron chi connectivity index (χ4n) is 2.16. The maximum absolute atomic E-state index is 12.0. The maximum atomic E-state index is 12.0. The van der Waals surface area contributed by atoms with Crippen molar-refractivity contribution >= 4 is 52.0 Å². The van der Waals surface area contributed by atoms with Crippen LogP contribution in [0.3, 0.4) is 0 Å². The smallest absolute Gasteiger partial charge is 0.408 e. The first-order valence-corrected chi connectivity index (χ1v) is 9.53. The number of hydrogen-bond donors (Lipinski definition) is 3. The number of carbonyl (C=O) groups is 1. The van der Waals surface area contributed by atoms with Gasteiger partial charge in [-0.15, -0.1) is 24.0 Å². The normalized spacial score (nSPS) is 11.9. The first-order chi connectivity index (χ1) is 12.5. The number of ether oxygens (including phenoxy) is 2. The summed E-state index contributed by atoms with van der Waals surface area (Å²) in [6.45, 7) is 10.4. The molecule has 0 aliphatic carbocycles. The van der Waals surface area contributed by atoms with Crippen molar-refractivity contribution in [1.82, 2.24) is 16.0 Å². The standard InChI is InChI=1S/C19H31BrN4O3.HI/c1-18(2,3)27-17(25)24-19(4,5)12-23-16(21-6)22-11-13-8-9-15(26-7)14(20)10-13;/h8-10H,11-12H2,1-7H3,(H,24,25)(H2,21,22,23);1H. The van der Waals surface area contributed by atoms with E-state index in [4.69, 9.17) is 9.47 Å². The Morgan fingerprint density at radius 1 is 1.18 bits per heavy atom. The van der Waals surface area contributed by atoms with Gasteiger partial charge in [0, 0.05) is 20.1 Å². The Bertz CT molecular complexity index is 676. The number of nitrogens with one attached hydrogen (secondary N) is 3. The summed E-state index contributed by atoms with van der Waals surface area (Å²) in [6, 6.07) is 5.89. The Morgan fingerprint density at radius 2 is 1.82 bits per heavy atom. The SMILES string of the molecule is CN=C(NCc1ccc(OC)c(Br)c1)NCC(C)(C)NC(=O)OC(C)(C)C.I. The molecule has 3 N–H and O–H groups in total. The van der Waals surface area contributed by atoms with E-state index in [1.807, 2.05) is 52.8 Å². The first kappa shape index (κ1) is 26.8. The zero-order valence-electron chi connectivity index (χ0n) is 17.6. The van der Waals surface area contributed by atoms with Gasteiger partial charge in [0.1, 0.15) is 11.4 Å². The minimum absolute atomic E-state index is 0. The van der Waals surface area contributed by atoms with E-state index in [1.165, 1.54) is 0 Å². The highest BCUT2D eigenvalue weighted by molar-refractivity contribution is 14.0. The van der Waals surface area contributed by atoms with Crippen LogP contribution in [0, 0.1) is 0 Å². The van der Waals surface area contributed by atoms with Crippen LogP contribution in [-0.2, 0) is 11.3 Å². The lowest BCUT2D eigenvalue weighted by Gasteiger charge is -2.29. The zero-order chi connectivity index (χ0) is 20.7. The molecular formula is C19H32BrIN4O3. The monoisotopic (exact) mass is 570 g/mol. The number of aliphatic imine (C=N–C) groups is 1. The third kappa shape index (κ3) is 10.4. The van der Waals surface area contributed by atoms with Crippen LogP contribution in [0.15, 0.2) is 27.7 Å². The van der Waals surface area contributed by atoms with Crippen LogP contribution in [0.5, 0.6) is 5.75 Å². The Morgan fingerprint density at radius 3 is 2.32 bits per heavy atom. The molecule has 0 saturated heterocycles. The highest BCUT2D eigenvalue weighted by atomic mass is 127. The second-order valence-electron chi connectivity index (χ2n) is 7.76. The molecule has 0 spiro atoms. The number of benzene rings is 1. The summed E-state index contributed by atoms with van der Waals surface area (Å²) < 4.78 is 11.4. The first-order valence-electron chi connectivity index (χ1n) is 8.74. The van der Waals surface area contributed by atoms with Crippen LogP contribution in [0.2, 0.25) is 0 Å². The third-order valence-corrected chi connectivity index (χ3v) is 4.06. The summed E-state index contributed by atoms with van der Waals surface area (Å²) >= 11 is 3.48. The number of amides is 1. The quantitative estimate of drug-likeness (QED) is 0.273. The van der Waals surface area contributed by atoms with Crippen LogP contribution >= 0.6 is 39.9 Å². The van der Waals surface area contributed by atoms with E-state index in [0.29, 0.717) is 19.0 Å². The largest absolute Gasteiger partial charge is 0.496 e. The molecule has 0 bridgehead atoms. The van der Waals surface area contributed by atoms with E-state index in [2.05, 4.69) is 36.9 Å². The van der Waals surface area contributed by atoms with Crippen LogP contribution in [0.25, 0.3) is 0 Å². The number of carbonyl (C=O) groups excluding carboxylic acids is 1. The molecule has 28 heavy (non-hydrogen) atoms. The number of nitrogens with zero attached hydrogens (tertiary/aromatic N) is 1. The van der Waals surface area contributed by atoms with Gasteiger partial charge in [0.2, 0.25) is 0 Å². The second-order valence-corrected chi connectivity index (χ2v) is 8.61. The number of guanidine groups is 1. The molecule has 0 aromatic heterocycles. The predicted molar refractivity (Wildman–Crippen MR) is 128 cm³/mol. The lowest BCUT2D eigenvalue weighted by atomic mass is 10.1. The van der Waals surface area contributed by atoms with Crippen LogP contribution < -0.4 is 20.7 Å². The zero-order valence-corrected chi connectivity index (χ0v) is 21.5. The summed E-state index contributed by atoms with van der Waals surface area (Å²) in [5, 5.41) is 9.33. The van der Waals surface area contributed by atoms with Gasteiger partial charge in [-0.25, -0.2) is 4.79 Å². The highest BCUT2D eigenvalue weighted by Crippen LogP contribution is 2.25. The Hall–Kier alpha value is -1.23. The molecule has 0 heterocycles. The van der Waals surface area contributed by atoms with Crippen molar-refractivity contribution in [3.05, 3.63) is 28.2 Å². The minimum Gasteiger partial charge on any atom is -0.496 e. The van der Waals surface area contributed by atoms with Crippen LogP contribution in [0.1, 0.15) is 40.2 Å². The van der Waals surface area contributed by atoms with Gasteiger partial charge >= 0.3 is 6.09 Å². The summed E-state index contributed by atoms with van der Waals surface area (Å²) in [5.41, 5.74) is 0.0396. The Balaban J connectivity index is 0.00000729. The molecule has 0 fully saturated rings. The molecule has 1 aromatic carbocycles. The molecule has 1 aromatic rings. The molecule has 0 aliphatic heterocycles. The van der Waals surface area contributed by atoms with Gasteiger partial charge < -0.3 is 25.4 Å². The molecule has 1 rings (SSSR count). The van der Waals surface area contributed by atoms with E-state index in [0.717, 1.165) is 15.8 Å². The van der Waals surface area contributed by atoms with Crippen molar-refractivity contribution < 1.29 is 14.3 Å². The second kappa shape index (κ2) is 11.7. The number of hydrogen-bond acceptors (Lipinski definition) is 4. The average Bonchev–Trinajstić information content (AvgIpc) is 2.52. The molecule has 0 aliphatic rings. The molecule has 0 unspecified atom stereocenters. The summed E-state index contributed by atoms with van der Waals surface area (Å²) in [6.07, 6.45) is -0.444. The van der Waals surface area contributed by atoms with E-state index in [1.54, 1.807) is 14.2 Å². The maximum Gasteiger partial charge on any atom is 0.408 e. The summed E-state index contributed by atoms with van der Waals surface area (Å²) in [4.78, 5) is 16.2. The number of halogens is 2. The van der Waals surface area contributed by atoms with E-state index in [-0.39, 0.29) is 24.0 Å². The molecule has 160 valence electrons. The molecule has 7 nitrogen and oxygen atoms in total. The molecule has 0 atom stereocenters.